The van der Waals surface area contributed by atoms with Crippen LogP contribution in [-0.4, -0.2) is 72.2 Å². The first kappa shape index (κ1) is 21.8. The summed E-state index contributed by atoms with van der Waals surface area (Å²) in [6.07, 6.45) is 4.26. The molecule has 0 radical (unpaired) electrons. The molecule has 31 heavy (non-hydrogen) atoms. The third-order valence-corrected chi connectivity index (χ3v) is 6.13. The summed E-state index contributed by atoms with van der Waals surface area (Å²) in [5, 5.41) is 6.45. The molecule has 0 aliphatic carbocycles. The number of rotatable bonds is 9. The Labute approximate surface area is 183 Å². The summed E-state index contributed by atoms with van der Waals surface area (Å²) < 4.78 is 6.01. The highest BCUT2D eigenvalue weighted by Gasteiger charge is 2.31. The van der Waals surface area contributed by atoms with Crippen molar-refractivity contribution in [2.24, 2.45) is 10.9 Å². The first-order chi connectivity index (χ1) is 15.1. The maximum atomic E-state index is 13.0. The number of fused-ring (bicyclic) bond motifs is 1. The molecule has 1 fully saturated rings. The molecule has 2 atom stereocenters. The van der Waals surface area contributed by atoms with Crippen molar-refractivity contribution in [1.82, 2.24) is 25.5 Å². The Morgan fingerprint density at radius 3 is 2.90 bits per heavy atom. The van der Waals surface area contributed by atoms with E-state index in [2.05, 4.69) is 44.5 Å². The molecule has 2 aliphatic heterocycles. The normalized spacial score (nSPS) is 21.1. The van der Waals surface area contributed by atoms with Gasteiger partial charge in [-0.25, -0.2) is 4.98 Å². The Morgan fingerprint density at radius 2 is 2.13 bits per heavy atom. The molecule has 1 aromatic heterocycles. The van der Waals surface area contributed by atoms with Gasteiger partial charge in [-0.1, -0.05) is 25.5 Å². The number of hydrogen-bond acceptors (Lipinski definition) is 6. The van der Waals surface area contributed by atoms with Crippen LogP contribution in [0.3, 0.4) is 0 Å². The van der Waals surface area contributed by atoms with E-state index < -0.39 is 6.23 Å². The Kier molecular flexibility index (Phi) is 7.19. The van der Waals surface area contributed by atoms with Gasteiger partial charge in [-0.15, -0.1) is 0 Å². The van der Waals surface area contributed by atoms with Gasteiger partial charge >= 0.3 is 0 Å². The van der Waals surface area contributed by atoms with Crippen molar-refractivity contribution < 1.29 is 9.53 Å². The molecule has 2 unspecified atom stereocenters. The van der Waals surface area contributed by atoms with Crippen LogP contribution in [0.25, 0.3) is 11.0 Å². The lowest BCUT2D eigenvalue weighted by Crippen LogP contribution is -2.50. The van der Waals surface area contributed by atoms with Gasteiger partial charge in [0, 0.05) is 12.5 Å². The van der Waals surface area contributed by atoms with Gasteiger partial charge < -0.3 is 25.3 Å². The zero-order valence-electron chi connectivity index (χ0n) is 18.6. The Morgan fingerprint density at radius 1 is 1.32 bits per heavy atom. The largest absolute Gasteiger partial charge is 0.361 e. The lowest BCUT2D eigenvalue weighted by Gasteiger charge is -2.29. The number of amides is 1. The van der Waals surface area contributed by atoms with Crippen LogP contribution in [0.15, 0.2) is 29.3 Å². The fourth-order valence-corrected chi connectivity index (χ4v) is 4.20. The summed E-state index contributed by atoms with van der Waals surface area (Å²) >= 11 is 0. The summed E-state index contributed by atoms with van der Waals surface area (Å²) in [5.74, 6) is 2.17. The molecule has 0 bridgehead atoms. The number of piperidine rings is 1. The van der Waals surface area contributed by atoms with E-state index in [9.17, 15) is 4.79 Å². The smallest absolute Gasteiger partial charge is 0.246 e. The first-order valence-corrected chi connectivity index (χ1v) is 11.5. The van der Waals surface area contributed by atoms with E-state index in [-0.39, 0.29) is 11.9 Å². The second-order valence-electron chi connectivity index (χ2n) is 8.63. The zero-order valence-corrected chi connectivity index (χ0v) is 18.6. The molecule has 1 amide bonds. The summed E-state index contributed by atoms with van der Waals surface area (Å²) in [6, 6.07) is 7.60. The molecular weight excluding hydrogens is 392 g/mol. The van der Waals surface area contributed by atoms with Crippen molar-refractivity contribution in [3.63, 3.8) is 0 Å². The number of nitrogens with one attached hydrogen (secondary N) is 3. The third kappa shape index (κ3) is 5.62. The molecule has 0 spiro atoms. The second-order valence-corrected chi connectivity index (χ2v) is 8.63. The number of H-pyrrole nitrogens is 1. The maximum Gasteiger partial charge on any atom is 0.246 e. The molecule has 2 aliphatic rings. The Balaban J connectivity index is 1.34. The topological polar surface area (TPSA) is 94.6 Å². The molecule has 1 aromatic carbocycles. The fourth-order valence-electron chi connectivity index (χ4n) is 4.20. The standard InChI is InChI=1S/C23H34N6O2/c1-3-4-13-31-21(14-20-25-17-7-5-6-8-18(17)26-20)28-23(30)19-15-24-22(27-19)16-9-11-29(2)12-10-16/h5-8,16,19,21H,3-4,9-15H2,1-2H3,(H,24,27)(H,25,26)(H,28,30). The Bertz CT molecular complexity index is 869. The van der Waals surface area contributed by atoms with E-state index in [4.69, 9.17) is 4.74 Å². The summed E-state index contributed by atoms with van der Waals surface area (Å²) in [7, 11) is 2.15. The molecule has 8 nitrogen and oxygen atoms in total. The summed E-state index contributed by atoms with van der Waals surface area (Å²) in [6.45, 7) is 5.37. The Hall–Kier alpha value is -2.45. The predicted octanol–water partition coefficient (Wildman–Crippen LogP) is 2.08. The van der Waals surface area contributed by atoms with Crippen molar-refractivity contribution in [3.05, 3.63) is 30.1 Å². The summed E-state index contributed by atoms with van der Waals surface area (Å²) in [4.78, 5) is 27.9. The number of imidazole rings is 1. The number of hydrogen-bond donors (Lipinski definition) is 3. The van der Waals surface area contributed by atoms with Gasteiger partial charge in [0.1, 0.15) is 23.9 Å². The van der Waals surface area contributed by atoms with Crippen LogP contribution in [-0.2, 0) is 16.0 Å². The molecule has 4 rings (SSSR count). The minimum absolute atomic E-state index is 0.0655. The van der Waals surface area contributed by atoms with E-state index in [0.717, 1.165) is 61.5 Å². The lowest BCUT2D eigenvalue weighted by molar-refractivity contribution is -0.126. The number of aromatic nitrogens is 2. The van der Waals surface area contributed by atoms with Gasteiger partial charge in [-0.05, 0) is 51.5 Å². The van der Waals surface area contributed by atoms with Crippen LogP contribution < -0.4 is 10.6 Å². The quantitative estimate of drug-likeness (QED) is 0.422. The van der Waals surface area contributed by atoms with Gasteiger partial charge in [-0.3, -0.25) is 9.79 Å². The number of carbonyl (C=O) groups excluding carboxylic acids is 1. The maximum absolute atomic E-state index is 13.0. The SMILES string of the molecule is CCCCOC(Cc1nc2ccccc2[nH]1)NC(=O)C1CN=C(C2CCN(C)CC2)N1. The number of aromatic amines is 1. The molecule has 3 N–H and O–H groups in total. The van der Waals surface area contributed by atoms with Crippen LogP contribution in [0, 0.1) is 5.92 Å². The fraction of sp³-hybridized carbons (Fsp3) is 0.609. The minimum Gasteiger partial charge on any atom is -0.361 e. The average molecular weight is 427 g/mol. The van der Waals surface area contributed by atoms with Gasteiger partial charge in [0.15, 0.2) is 0 Å². The van der Waals surface area contributed by atoms with Crippen LogP contribution in [0.4, 0.5) is 0 Å². The lowest BCUT2D eigenvalue weighted by atomic mass is 9.96. The van der Waals surface area contributed by atoms with Gasteiger partial charge in [0.2, 0.25) is 5.91 Å². The highest BCUT2D eigenvalue weighted by Crippen LogP contribution is 2.19. The summed E-state index contributed by atoms with van der Waals surface area (Å²) in [5.41, 5.74) is 1.91. The molecule has 8 heteroatoms. The number of nitrogens with zero attached hydrogens (tertiary/aromatic N) is 3. The zero-order chi connectivity index (χ0) is 21.6. The van der Waals surface area contributed by atoms with Gasteiger partial charge in [0.05, 0.1) is 24.0 Å². The second kappa shape index (κ2) is 10.2. The van der Waals surface area contributed by atoms with Crippen molar-refractivity contribution in [1.29, 1.82) is 0 Å². The molecule has 1 saturated heterocycles. The predicted molar refractivity (Wildman–Crippen MR) is 122 cm³/mol. The van der Waals surface area contributed by atoms with Gasteiger partial charge in [-0.2, -0.15) is 0 Å². The van der Waals surface area contributed by atoms with Gasteiger partial charge in [0.25, 0.3) is 0 Å². The van der Waals surface area contributed by atoms with Crippen LogP contribution >= 0.6 is 0 Å². The number of ether oxygens (including phenoxy) is 1. The third-order valence-electron chi connectivity index (χ3n) is 6.13. The average Bonchev–Trinajstić information content (AvgIpc) is 3.41. The van der Waals surface area contributed by atoms with E-state index >= 15 is 0 Å². The highest BCUT2D eigenvalue weighted by atomic mass is 16.5. The number of aliphatic imine (C=N–C) groups is 1. The highest BCUT2D eigenvalue weighted by molar-refractivity contribution is 5.94. The van der Waals surface area contributed by atoms with Crippen molar-refractivity contribution in [2.75, 3.05) is 33.3 Å². The van der Waals surface area contributed by atoms with E-state index in [1.54, 1.807) is 0 Å². The van der Waals surface area contributed by atoms with E-state index in [1.807, 2.05) is 24.3 Å². The molecule has 0 saturated carbocycles. The number of amidine groups is 1. The first-order valence-electron chi connectivity index (χ1n) is 11.5. The van der Waals surface area contributed by atoms with Crippen molar-refractivity contribution >= 4 is 22.8 Å². The van der Waals surface area contributed by atoms with E-state index in [1.165, 1.54) is 0 Å². The number of para-hydroxylation sites is 2. The number of benzene rings is 1. The number of unbranched alkanes of at least 4 members (excludes halogenated alkanes) is 1. The monoisotopic (exact) mass is 426 g/mol. The van der Waals surface area contributed by atoms with Crippen LogP contribution in [0.5, 0.6) is 0 Å². The molecule has 3 heterocycles. The molecular formula is C23H34N6O2. The van der Waals surface area contributed by atoms with Crippen molar-refractivity contribution in [2.45, 2.75) is 51.3 Å². The van der Waals surface area contributed by atoms with E-state index in [0.29, 0.717) is 25.5 Å². The number of likely N-dealkylation sites (tertiary alicyclic amines) is 1. The molecule has 2 aromatic rings. The molecule has 168 valence electrons. The minimum atomic E-state index is -0.422. The van der Waals surface area contributed by atoms with Crippen LogP contribution in [0.2, 0.25) is 0 Å². The number of carbonyl (C=O) groups is 1. The van der Waals surface area contributed by atoms with Crippen LogP contribution in [0.1, 0.15) is 38.4 Å². The van der Waals surface area contributed by atoms with Crippen molar-refractivity contribution in [3.8, 4) is 0 Å².